The zero-order chi connectivity index (χ0) is 10.7. The fourth-order valence-corrected chi connectivity index (χ4v) is 2.40. The second-order valence-electron chi connectivity index (χ2n) is 4.08. The van der Waals surface area contributed by atoms with Gasteiger partial charge in [0, 0.05) is 6.61 Å². The van der Waals surface area contributed by atoms with E-state index in [-0.39, 0.29) is 6.61 Å². The predicted molar refractivity (Wildman–Crippen MR) is 60.4 cm³/mol. The molecule has 2 rings (SSSR count). The molecule has 0 aromatic heterocycles. The highest BCUT2D eigenvalue weighted by Gasteiger charge is 2.17. The molecule has 0 saturated carbocycles. The molecule has 2 heteroatoms. The van der Waals surface area contributed by atoms with Crippen LogP contribution in [0.4, 0.5) is 0 Å². The standard InChI is InChI=1S/C13H18O2/c1-15-13-11(5-3-9-14)8-7-10-4-2-6-12(10)13/h7-8,14H,2-6,9H2,1H3. The lowest BCUT2D eigenvalue weighted by atomic mass is 10.0. The highest BCUT2D eigenvalue weighted by Crippen LogP contribution is 2.34. The second-order valence-corrected chi connectivity index (χ2v) is 4.08. The van der Waals surface area contributed by atoms with Crippen LogP contribution >= 0.6 is 0 Å². The smallest absolute Gasteiger partial charge is 0.125 e. The molecule has 1 aliphatic rings. The molecule has 0 bridgehead atoms. The number of aliphatic hydroxyl groups excluding tert-OH is 1. The van der Waals surface area contributed by atoms with Gasteiger partial charge in [-0.3, -0.25) is 0 Å². The average molecular weight is 206 g/mol. The Labute approximate surface area is 90.9 Å². The number of benzene rings is 1. The molecule has 0 spiro atoms. The van der Waals surface area contributed by atoms with Crippen molar-refractivity contribution in [2.75, 3.05) is 13.7 Å². The van der Waals surface area contributed by atoms with E-state index in [0.717, 1.165) is 25.0 Å². The van der Waals surface area contributed by atoms with Gasteiger partial charge in [0.1, 0.15) is 5.75 Å². The molecular weight excluding hydrogens is 188 g/mol. The summed E-state index contributed by atoms with van der Waals surface area (Å²) >= 11 is 0. The largest absolute Gasteiger partial charge is 0.496 e. The molecule has 0 radical (unpaired) electrons. The first-order valence-corrected chi connectivity index (χ1v) is 5.65. The van der Waals surface area contributed by atoms with Crippen LogP contribution in [-0.2, 0) is 19.3 Å². The minimum absolute atomic E-state index is 0.250. The van der Waals surface area contributed by atoms with E-state index in [1.54, 1.807) is 7.11 Å². The Morgan fingerprint density at radius 2 is 2.20 bits per heavy atom. The highest BCUT2D eigenvalue weighted by atomic mass is 16.5. The van der Waals surface area contributed by atoms with Crippen LogP contribution in [0.25, 0.3) is 0 Å². The van der Waals surface area contributed by atoms with E-state index in [9.17, 15) is 0 Å². The van der Waals surface area contributed by atoms with Gasteiger partial charge >= 0.3 is 0 Å². The number of hydrogen-bond acceptors (Lipinski definition) is 2. The van der Waals surface area contributed by atoms with Crippen molar-refractivity contribution in [1.29, 1.82) is 0 Å². The fourth-order valence-electron chi connectivity index (χ4n) is 2.40. The van der Waals surface area contributed by atoms with Gasteiger partial charge in [-0.2, -0.15) is 0 Å². The SMILES string of the molecule is COc1c(CCCO)ccc2c1CCC2. The summed E-state index contributed by atoms with van der Waals surface area (Å²) in [6.07, 6.45) is 5.30. The van der Waals surface area contributed by atoms with Gasteiger partial charge in [0.15, 0.2) is 0 Å². The second kappa shape index (κ2) is 4.67. The molecule has 1 aromatic rings. The molecule has 82 valence electrons. The maximum atomic E-state index is 8.84. The van der Waals surface area contributed by atoms with Crippen molar-refractivity contribution in [3.63, 3.8) is 0 Å². The first kappa shape index (κ1) is 10.5. The van der Waals surface area contributed by atoms with Crippen molar-refractivity contribution in [1.82, 2.24) is 0 Å². The van der Waals surface area contributed by atoms with Crippen LogP contribution in [0.3, 0.4) is 0 Å². The van der Waals surface area contributed by atoms with Crippen molar-refractivity contribution in [3.8, 4) is 5.75 Å². The van der Waals surface area contributed by atoms with Gasteiger partial charge in [0.2, 0.25) is 0 Å². The van der Waals surface area contributed by atoms with Crippen LogP contribution in [0.2, 0.25) is 0 Å². The zero-order valence-electron chi connectivity index (χ0n) is 9.25. The Balaban J connectivity index is 2.30. The first-order chi connectivity index (χ1) is 7.36. The lowest BCUT2D eigenvalue weighted by Crippen LogP contribution is -1.98. The highest BCUT2D eigenvalue weighted by molar-refractivity contribution is 5.48. The monoisotopic (exact) mass is 206 g/mol. The Morgan fingerprint density at radius 3 is 2.93 bits per heavy atom. The molecule has 0 unspecified atom stereocenters. The summed E-state index contributed by atoms with van der Waals surface area (Å²) in [6.45, 7) is 0.250. The molecule has 1 N–H and O–H groups in total. The van der Waals surface area contributed by atoms with Crippen LogP contribution in [0.1, 0.15) is 29.5 Å². The van der Waals surface area contributed by atoms with E-state index in [1.165, 1.54) is 29.5 Å². The fraction of sp³-hybridized carbons (Fsp3) is 0.538. The molecule has 0 heterocycles. The lowest BCUT2D eigenvalue weighted by molar-refractivity contribution is 0.287. The number of rotatable bonds is 4. The van der Waals surface area contributed by atoms with E-state index in [4.69, 9.17) is 9.84 Å². The maximum Gasteiger partial charge on any atom is 0.125 e. The molecule has 0 atom stereocenters. The summed E-state index contributed by atoms with van der Waals surface area (Å²) < 4.78 is 5.50. The van der Waals surface area contributed by atoms with Crippen LogP contribution in [0.15, 0.2) is 12.1 Å². The molecule has 15 heavy (non-hydrogen) atoms. The summed E-state index contributed by atoms with van der Waals surface area (Å²) in [5.41, 5.74) is 4.08. The van der Waals surface area contributed by atoms with E-state index in [1.807, 2.05) is 0 Å². The van der Waals surface area contributed by atoms with Gasteiger partial charge in [-0.1, -0.05) is 12.1 Å². The molecule has 0 amide bonds. The van der Waals surface area contributed by atoms with E-state index >= 15 is 0 Å². The summed E-state index contributed by atoms with van der Waals surface area (Å²) in [5.74, 6) is 1.07. The topological polar surface area (TPSA) is 29.5 Å². The molecule has 0 fully saturated rings. The summed E-state index contributed by atoms with van der Waals surface area (Å²) in [5, 5.41) is 8.84. The van der Waals surface area contributed by atoms with Crippen LogP contribution in [0.5, 0.6) is 5.75 Å². The summed E-state index contributed by atoms with van der Waals surface area (Å²) in [4.78, 5) is 0. The third kappa shape index (κ3) is 2.00. The lowest BCUT2D eigenvalue weighted by Gasteiger charge is -2.12. The van der Waals surface area contributed by atoms with Crippen LogP contribution < -0.4 is 4.74 Å². The van der Waals surface area contributed by atoms with Crippen molar-refractivity contribution >= 4 is 0 Å². The van der Waals surface area contributed by atoms with Gasteiger partial charge in [-0.05, 0) is 48.8 Å². The average Bonchev–Trinajstić information content (AvgIpc) is 2.73. The molecule has 2 nitrogen and oxygen atoms in total. The Kier molecular flexibility index (Phi) is 3.27. The van der Waals surface area contributed by atoms with E-state index in [2.05, 4.69) is 12.1 Å². The van der Waals surface area contributed by atoms with Crippen molar-refractivity contribution in [2.45, 2.75) is 32.1 Å². The number of ether oxygens (including phenoxy) is 1. The molecule has 1 aromatic carbocycles. The van der Waals surface area contributed by atoms with E-state index < -0.39 is 0 Å². The summed E-state index contributed by atoms with van der Waals surface area (Å²) in [7, 11) is 1.75. The number of aryl methyl sites for hydroxylation is 2. The van der Waals surface area contributed by atoms with Gasteiger partial charge in [0.25, 0.3) is 0 Å². The van der Waals surface area contributed by atoms with E-state index in [0.29, 0.717) is 0 Å². The number of methoxy groups -OCH3 is 1. The molecule has 1 aliphatic carbocycles. The van der Waals surface area contributed by atoms with Gasteiger partial charge in [-0.25, -0.2) is 0 Å². The number of aliphatic hydroxyl groups is 1. The van der Waals surface area contributed by atoms with Crippen LogP contribution in [-0.4, -0.2) is 18.8 Å². The Hall–Kier alpha value is -1.02. The quantitative estimate of drug-likeness (QED) is 0.817. The Bertz CT molecular complexity index is 345. The first-order valence-electron chi connectivity index (χ1n) is 5.65. The maximum absolute atomic E-state index is 8.84. The van der Waals surface area contributed by atoms with Crippen molar-refractivity contribution < 1.29 is 9.84 Å². The van der Waals surface area contributed by atoms with Crippen molar-refractivity contribution in [3.05, 3.63) is 28.8 Å². The molecule has 0 saturated heterocycles. The van der Waals surface area contributed by atoms with Crippen molar-refractivity contribution in [2.24, 2.45) is 0 Å². The predicted octanol–water partition coefficient (Wildman–Crippen LogP) is 2.11. The number of fused-ring (bicyclic) bond motifs is 1. The Morgan fingerprint density at radius 1 is 1.33 bits per heavy atom. The minimum atomic E-state index is 0.250. The van der Waals surface area contributed by atoms with Crippen LogP contribution in [0, 0.1) is 0 Å². The summed E-state index contributed by atoms with van der Waals surface area (Å²) in [6, 6.07) is 4.37. The normalized spacial score (nSPS) is 14.0. The molecular formula is C13H18O2. The minimum Gasteiger partial charge on any atom is -0.496 e. The van der Waals surface area contributed by atoms with Gasteiger partial charge in [-0.15, -0.1) is 0 Å². The van der Waals surface area contributed by atoms with Gasteiger partial charge in [0.05, 0.1) is 7.11 Å². The third-order valence-electron chi connectivity index (χ3n) is 3.12. The number of hydrogen-bond donors (Lipinski definition) is 1. The molecule has 0 aliphatic heterocycles. The zero-order valence-corrected chi connectivity index (χ0v) is 9.25. The third-order valence-corrected chi connectivity index (χ3v) is 3.12. The van der Waals surface area contributed by atoms with Gasteiger partial charge < -0.3 is 9.84 Å².